The lowest BCUT2D eigenvalue weighted by atomic mass is 10.0. The summed E-state index contributed by atoms with van der Waals surface area (Å²) in [6.07, 6.45) is 3.29. The van der Waals surface area contributed by atoms with Crippen molar-refractivity contribution in [2.24, 2.45) is 0 Å². The smallest absolute Gasteiger partial charge is 0.0290 e. The molecule has 0 bridgehead atoms. The van der Waals surface area contributed by atoms with E-state index in [2.05, 4.69) is 65.4 Å². The third-order valence-corrected chi connectivity index (χ3v) is 2.74. The lowest BCUT2D eigenvalue weighted by molar-refractivity contribution is 0.660. The third-order valence-electron chi connectivity index (χ3n) is 2.25. The Bertz CT molecular complexity index is 340. The molecular weight excluding hydrogens is 250 g/mol. The maximum absolute atomic E-state index is 3.49. The Kier molecular flexibility index (Phi) is 5.06. The van der Waals surface area contributed by atoms with Crippen molar-refractivity contribution in [1.29, 1.82) is 0 Å². The molecule has 0 saturated heterocycles. The zero-order valence-corrected chi connectivity index (χ0v) is 11.1. The molecule has 0 aliphatic rings. The molecule has 0 radical (unpaired) electrons. The third kappa shape index (κ3) is 4.63. The number of rotatable bonds is 4. The molecule has 1 aromatic carbocycles. The fraction of sp³-hybridized carbons (Fsp3) is 0.385. The fourth-order valence-electron chi connectivity index (χ4n) is 1.56. The average Bonchev–Trinajstić information content (AvgIpc) is 2.16. The summed E-state index contributed by atoms with van der Waals surface area (Å²) in [5.41, 5.74) is 2.70. The first-order valence-electron chi connectivity index (χ1n) is 5.18. The molecule has 1 nitrogen and oxygen atoms in total. The maximum atomic E-state index is 3.49. The van der Waals surface area contributed by atoms with Crippen molar-refractivity contribution < 1.29 is 0 Å². The molecule has 1 rings (SSSR count). The van der Waals surface area contributed by atoms with E-state index in [0.717, 1.165) is 10.9 Å². The minimum absolute atomic E-state index is 0.421. The van der Waals surface area contributed by atoms with Gasteiger partial charge in [-0.15, -0.1) is 0 Å². The van der Waals surface area contributed by atoms with Crippen LogP contribution in [0.25, 0.3) is 0 Å². The molecule has 0 spiro atoms. The Hall–Kier alpha value is -0.600. The highest BCUT2D eigenvalue weighted by Crippen LogP contribution is 2.13. The Balaban J connectivity index is 2.71. The minimum atomic E-state index is 0.421. The van der Waals surface area contributed by atoms with Crippen LogP contribution in [0.15, 0.2) is 40.4 Å². The Labute approximate surface area is 101 Å². The van der Waals surface area contributed by atoms with Gasteiger partial charge in [-0.25, -0.2) is 0 Å². The predicted molar refractivity (Wildman–Crippen MR) is 70.1 cm³/mol. The zero-order chi connectivity index (χ0) is 11.3. The molecule has 0 aliphatic heterocycles. The monoisotopic (exact) mass is 267 g/mol. The van der Waals surface area contributed by atoms with E-state index in [1.807, 2.05) is 7.05 Å². The van der Waals surface area contributed by atoms with Gasteiger partial charge < -0.3 is 5.32 Å². The standard InChI is InChI=1S/C13H18BrN/c1-10(2)7-13(15-3)9-11-5-4-6-12(14)8-11/h4-8,13,15H,9H2,1-3H3. The van der Waals surface area contributed by atoms with Crippen LogP contribution in [-0.2, 0) is 6.42 Å². The van der Waals surface area contributed by atoms with Crippen LogP contribution in [0.1, 0.15) is 19.4 Å². The second-order valence-electron chi connectivity index (χ2n) is 3.97. The summed E-state index contributed by atoms with van der Waals surface area (Å²) in [6.45, 7) is 4.26. The number of hydrogen-bond acceptors (Lipinski definition) is 1. The summed E-state index contributed by atoms with van der Waals surface area (Å²) in [7, 11) is 2.00. The van der Waals surface area contributed by atoms with Gasteiger partial charge in [0.15, 0.2) is 0 Å². The minimum Gasteiger partial charge on any atom is -0.313 e. The first-order chi connectivity index (χ1) is 7.11. The normalized spacial score (nSPS) is 12.3. The molecule has 0 aliphatic carbocycles. The molecule has 0 amide bonds. The Morgan fingerprint density at radius 2 is 2.20 bits per heavy atom. The summed E-state index contributed by atoms with van der Waals surface area (Å²) in [5, 5.41) is 3.31. The quantitative estimate of drug-likeness (QED) is 0.823. The fourth-order valence-corrected chi connectivity index (χ4v) is 2.01. The number of allylic oxidation sites excluding steroid dienone is 1. The molecule has 82 valence electrons. The predicted octanol–water partition coefficient (Wildman–Crippen LogP) is 3.55. The van der Waals surface area contributed by atoms with Crippen LogP contribution < -0.4 is 5.32 Å². The molecule has 1 unspecified atom stereocenters. The molecule has 1 N–H and O–H groups in total. The summed E-state index contributed by atoms with van der Waals surface area (Å²) in [4.78, 5) is 0. The molecule has 0 aromatic heterocycles. The van der Waals surface area contributed by atoms with Crippen LogP contribution in [0.4, 0.5) is 0 Å². The van der Waals surface area contributed by atoms with Gasteiger partial charge in [0.25, 0.3) is 0 Å². The van der Waals surface area contributed by atoms with Crippen molar-refractivity contribution in [2.45, 2.75) is 26.3 Å². The molecular formula is C13H18BrN. The van der Waals surface area contributed by atoms with Gasteiger partial charge in [0, 0.05) is 10.5 Å². The van der Waals surface area contributed by atoms with Gasteiger partial charge in [0.2, 0.25) is 0 Å². The number of halogens is 1. The molecule has 1 atom stereocenters. The van der Waals surface area contributed by atoms with Crippen LogP contribution >= 0.6 is 15.9 Å². The lowest BCUT2D eigenvalue weighted by Gasteiger charge is -2.12. The van der Waals surface area contributed by atoms with Crippen molar-refractivity contribution >= 4 is 15.9 Å². The van der Waals surface area contributed by atoms with E-state index in [-0.39, 0.29) is 0 Å². The van der Waals surface area contributed by atoms with Crippen LogP contribution in [-0.4, -0.2) is 13.1 Å². The van der Waals surface area contributed by atoms with E-state index >= 15 is 0 Å². The molecule has 15 heavy (non-hydrogen) atoms. The topological polar surface area (TPSA) is 12.0 Å². The first-order valence-corrected chi connectivity index (χ1v) is 5.98. The molecule has 0 fully saturated rings. The summed E-state index contributed by atoms with van der Waals surface area (Å²) in [5.74, 6) is 0. The van der Waals surface area contributed by atoms with E-state index in [9.17, 15) is 0 Å². The van der Waals surface area contributed by atoms with Crippen LogP contribution in [0.2, 0.25) is 0 Å². The second-order valence-corrected chi connectivity index (χ2v) is 4.89. The highest BCUT2D eigenvalue weighted by Gasteiger charge is 2.03. The first kappa shape index (κ1) is 12.5. The largest absolute Gasteiger partial charge is 0.313 e. The maximum Gasteiger partial charge on any atom is 0.0290 e. The zero-order valence-electron chi connectivity index (χ0n) is 9.55. The second kappa shape index (κ2) is 6.09. The number of nitrogens with one attached hydrogen (secondary N) is 1. The lowest BCUT2D eigenvalue weighted by Crippen LogP contribution is -2.25. The van der Waals surface area contributed by atoms with Crippen molar-refractivity contribution in [3.63, 3.8) is 0 Å². The summed E-state index contributed by atoms with van der Waals surface area (Å²) >= 11 is 3.49. The Morgan fingerprint density at radius 1 is 1.47 bits per heavy atom. The highest BCUT2D eigenvalue weighted by molar-refractivity contribution is 9.10. The Morgan fingerprint density at radius 3 is 2.73 bits per heavy atom. The van der Waals surface area contributed by atoms with Crippen molar-refractivity contribution in [3.8, 4) is 0 Å². The van der Waals surface area contributed by atoms with E-state index in [1.165, 1.54) is 11.1 Å². The van der Waals surface area contributed by atoms with Gasteiger partial charge in [-0.05, 0) is 45.0 Å². The van der Waals surface area contributed by atoms with E-state index in [0.29, 0.717) is 6.04 Å². The van der Waals surface area contributed by atoms with E-state index in [1.54, 1.807) is 0 Å². The van der Waals surface area contributed by atoms with Gasteiger partial charge in [0.05, 0.1) is 0 Å². The van der Waals surface area contributed by atoms with Gasteiger partial charge in [-0.1, -0.05) is 39.7 Å². The molecule has 0 heterocycles. The van der Waals surface area contributed by atoms with E-state index < -0.39 is 0 Å². The van der Waals surface area contributed by atoms with Crippen molar-refractivity contribution in [1.82, 2.24) is 5.32 Å². The van der Waals surface area contributed by atoms with E-state index in [4.69, 9.17) is 0 Å². The van der Waals surface area contributed by atoms with Crippen LogP contribution in [0.5, 0.6) is 0 Å². The van der Waals surface area contributed by atoms with Gasteiger partial charge in [-0.2, -0.15) is 0 Å². The van der Waals surface area contributed by atoms with Gasteiger partial charge >= 0.3 is 0 Å². The van der Waals surface area contributed by atoms with Gasteiger partial charge in [-0.3, -0.25) is 0 Å². The van der Waals surface area contributed by atoms with Crippen LogP contribution in [0.3, 0.4) is 0 Å². The number of hydrogen-bond donors (Lipinski definition) is 1. The average molecular weight is 268 g/mol. The number of benzene rings is 1. The van der Waals surface area contributed by atoms with Gasteiger partial charge in [0.1, 0.15) is 0 Å². The van der Waals surface area contributed by atoms with Crippen molar-refractivity contribution in [3.05, 3.63) is 46.0 Å². The summed E-state index contributed by atoms with van der Waals surface area (Å²) < 4.78 is 1.15. The SMILES string of the molecule is CNC(C=C(C)C)Cc1cccc(Br)c1. The number of likely N-dealkylation sites (N-methyl/N-ethyl adjacent to an activating group) is 1. The molecule has 1 aromatic rings. The van der Waals surface area contributed by atoms with Crippen molar-refractivity contribution in [2.75, 3.05) is 7.05 Å². The molecule has 0 saturated carbocycles. The molecule has 2 heteroatoms. The summed E-state index contributed by atoms with van der Waals surface area (Å²) in [6, 6.07) is 8.88. The highest BCUT2D eigenvalue weighted by atomic mass is 79.9. The van der Waals surface area contributed by atoms with Crippen LogP contribution in [0, 0.1) is 0 Å².